The highest BCUT2D eigenvalue weighted by Gasteiger charge is 1.88. The van der Waals surface area contributed by atoms with E-state index < -0.39 is 0 Å². The van der Waals surface area contributed by atoms with Crippen molar-refractivity contribution in [1.29, 1.82) is 0 Å². The molecule has 0 aliphatic carbocycles. The van der Waals surface area contributed by atoms with E-state index in [9.17, 15) is 0 Å². The van der Waals surface area contributed by atoms with Gasteiger partial charge in [0.25, 0.3) is 0 Å². The Kier molecular flexibility index (Phi) is 3.28. The third-order valence-electron chi connectivity index (χ3n) is 1.02. The van der Waals surface area contributed by atoms with E-state index in [1.807, 2.05) is 0 Å². The third-order valence-corrected chi connectivity index (χ3v) is 1.38. The summed E-state index contributed by atoms with van der Waals surface area (Å²) in [4.78, 5) is 3.88. The van der Waals surface area contributed by atoms with Crippen molar-refractivity contribution in [3.05, 3.63) is 29.0 Å². The number of aromatic nitrogens is 1. The van der Waals surface area contributed by atoms with Crippen LogP contribution in [0.4, 0.5) is 0 Å². The molecule has 0 saturated carbocycles. The summed E-state index contributed by atoms with van der Waals surface area (Å²) < 4.78 is 0. The summed E-state index contributed by atoms with van der Waals surface area (Å²) in [7, 11) is 0. The molecule has 0 unspecified atom stereocenters. The van der Waals surface area contributed by atoms with E-state index in [0.717, 1.165) is 5.56 Å². The summed E-state index contributed by atoms with van der Waals surface area (Å²) in [5.74, 6) is 6.22. The molecule has 0 amide bonds. The molecule has 56 valence electrons. The molecule has 11 heavy (non-hydrogen) atoms. The maximum Gasteiger partial charge on any atom is 0.0601 e. The van der Waals surface area contributed by atoms with Crippen LogP contribution in [0, 0.1) is 11.8 Å². The maximum atomic E-state index is 5.67. The first-order chi connectivity index (χ1) is 5.33. The van der Waals surface area contributed by atoms with Crippen LogP contribution in [-0.2, 0) is 0 Å². The van der Waals surface area contributed by atoms with Crippen molar-refractivity contribution in [2.24, 2.45) is 0 Å². The Morgan fingerprint density at radius 3 is 3.00 bits per heavy atom. The zero-order valence-electron chi connectivity index (χ0n) is 5.71. The minimum absolute atomic E-state index is 0.548. The maximum absolute atomic E-state index is 5.67. The smallest absolute Gasteiger partial charge is 0.0601 e. The van der Waals surface area contributed by atoms with Crippen molar-refractivity contribution in [1.82, 2.24) is 4.98 Å². The lowest BCUT2D eigenvalue weighted by Gasteiger charge is -1.88. The predicted molar refractivity (Wildman–Crippen MR) is 50.0 cm³/mol. The van der Waals surface area contributed by atoms with Gasteiger partial charge in [0.2, 0.25) is 0 Å². The van der Waals surface area contributed by atoms with Crippen LogP contribution in [0.15, 0.2) is 18.5 Å². The minimum atomic E-state index is 0.548. The van der Waals surface area contributed by atoms with Gasteiger partial charge in [-0.3, -0.25) is 4.98 Å². The van der Waals surface area contributed by atoms with Crippen molar-refractivity contribution >= 4 is 24.2 Å². The minimum Gasteiger partial charge on any atom is -0.262 e. The molecule has 0 bridgehead atoms. The van der Waals surface area contributed by atoms with E-state index in [1.165, 1.54) is 0 Å². The predicted octanol–water partition coefficient (Wildman–Crippen LogP) is 2.02. The molecule has 0 N–H and O–H groups in total. The van der Waals surface area contributed by atoms with Crippen LogP contribution in [-0.4, -0.2) is 10.7 Å². The first kappa shape index (κ1) is 8.45. The molecule has 0 radical (unpaired) electrons. The quantitative estimate of drug-likeness (QED) is 0.480. The van der Waals surface area contributed by atoms with Gasteiger partial charge in [-0.15, -0.1) is 0 Å². The summed E-state index contributed by atoms with van der Waals surface area (Å²) in [5, 5.41) is 0.607. The third kappa shape index (κ3) is 2.83. The van der Waals surface area contributed by atoms with Gasteiger partial charge in [-0.2, -0.15) is 12.6 Å². The van der Waals surface area contributed by atoms with Crippen LogP contribution < -0.4 is 0 Å². The van der Waals surface area contributed by atoms with E-state index in [4.69, 9.17) is 11.6 Å². The number of hydrogen-bond donors (Lipinski definition) is 1. The molecule has 0 atom stereocenters. The molecule has 1 nitrogen and oxygen atoms in total. The number of hydrogen-bond acceptors (Lipinski definition) is 2. The zero-order valence-corrected chi connectivity index (χ0v) is 7.36. The molecular formula is C8H6ClNS. The van der Waals surface area contributed by atoms with Gasteiger partial charge >= 0.3 is 0 Å². The number of pyridine rings is 1. The Morgan fingerprint density at radius 2 is 2.36 bits per heavy atom. The van der Waals surface area contributed by atoms with Crippen LogP contribution in [0.3, 0.4) is 0 Å². The van der Waals surface area contributed by atoms with Crippen molar-refractivity contribution in [2.45, 2.75) is 0 Å². The molecule has 0 fully saturated rings. The van der Waals surface area contributed by atoms with Crippen molar-refractivity contribution in [3.8, 4) is 11.8 Å². The summed E-state index contributed by atoms with van der Waals surface area (Å²) in [5.41, 5.74) is 0.826. The van der Waals surface area contributed by atoms with Gasteiger partial charge < -0.3 is 0 Å². The standard InChI is InChI=1S/C8H6ClNS/c9-8-4-7(2-1-3-11)5-10-6-8/h4-6,11H,3H2. The lowest BCUT2D eigenvalue weighted by Crippen LogP contribution is -1.77. The normalized spacial score (nSPS) is 8.55. The van der Waals surface area contributed by atoms with Crippen LogP contribution in [0.1, 0.15) is 5.56 Å². The molecule has 0 saturated heterocycles. The van der Waals surface area contributed by atoms with Gasteiger partial charge in [0.15, 0.2) is 0 Å². The SMILES string of the molecule is SCC#Cc1cncc(Cl)c1. The summed E-state index contributed by atoms with van der Waals surface area (Å²) >= 11 is 9.62. The molecule has 1 heterocycles. The average Bonchev–Trinajstić information content (AvgIpc) is 2.01. The summed E-state index contributed by atoms with van der Waals surface area (Å²) in [6, 6.07) is 1.77. The number of thiol groups is 1. The second-order valence-electron chi connectivity index (χ2n) is 1.85. The molecule has 0 spiro atoms. The number of halogens is 1. The molecule has 0 aromatic carbocycles. The van der Waals surface area contributed by atoms with Gasteiger partial charge in [0, 0.05) is 18.0 Å². The van der Waals surface area contributed by atoms with Crippen LogP contribution >= 0.6 is 24.2 Å². The average molecular weight is 184 g/mol. The first-order valence-corrected chi connectivity index (χ1v) is 4.04. The van der Waals surface area contributed by atoms with Gasteiger partial charge in [0.1, 0.15) is 0 Å². The van der Waals surface area contributed by atoms with Crippen molar-refractivity contribution in [2.75, 3.05) is 5.75 Å². The van der Waals surface area contributed by atoms with Gasteiger partial charge in [-0.1, -0.05) is 23.4 Å². The Hall–Kier alpha value is -0.650. The molecular weight excluding hydrogens is 178 g/mol. The fraction of sp³-hybridized carbons (Fsp3) is 0.125. The van der Waals surface area contributed by atoms with Crippen LogP contribution in [0.25, 0.3) is 0 Å². The molecule has 1 rings (SSSR count). The largest absolute Gasteiger partial charge is 0.262 e. The number of rotatable bonds is 0. The molecule has 1 aromatic rings. The highest BCUT2D eigenvalue weighted by atomic mass is 35.5. The second-order valence-corrected chi connectivity index (χ2v) is 2.60. The Labute approximate surface area is 76.2 Å². The second kappa shape index (κ2) is 4.27. The Balaban J connectivity index is 2.87. The molecule has 1 aromatic heterocycles. The number of nitrogens with zero attached hydrogens (tertiary/aromatic N) is 1. The highest BCUT2D eigenvalue weighted by Crippen LogP contribution is 2.06. The summed E-state index contributed by atoms with van der Waals surface area (Å²) in [6.45, 7) is 0. The molecule has 0 aliphatic rings. The Morgan fingerprint density at radius 1 is 1.55 bits per heavy atom. The van der Waals surface area contributed by atoms with Crippen molar-refractivity contribution in [3.63, 3.8) is 0 Å². The fourth-order valence-electron chi connectivity index (χ4n) is 0.622. The topological polar surface area (TPSA) is 12.9 Å². The highest BCUT2D eigenvalue weighted by molar-refractivity contribution is 7.80. The Bertz CT molecular complexity index is 300. The lowest BCUT2D eigenvalue weighted by molar-refractivity contribution is 1.31. The monoisotopic (exact) mass is 183 g/mol. The van der Waals surface area contributed by atoms with Crippen LogP contribution in [0.5, 0.6) is 0 Å². The van der Waals surface area contributed by atoms with E-state index in [2.05, 4.69) is 29.5 Å². The van der Waals surface area contributed by atoms with E-state index in [0.29, 0.717) is 10.8 Å². The van der Waals surface area contributed by atoms with Gasteiger partial charge in [0.05, 0.1) is 10.8 Å². The first-order valence-electron chi connectivity index (χ1n) is 3.03. The van der Waals surface area contributed by atoms with Gasteiger partial charge in [-0.25, -0.2) is 0 Å². The van der Waals surface area contributed by atoms with E-state index in [-0.39, 0.29) is 0 Å². The van der Waals surface area contributed by atoms with E-state index in [1.54, 1.807) is 18.5 Å². The zero-order chi connectivity index (χ0) is 8.10. The molecule has 3 heteroatoms. The molecule has 0 aliphatic heterocycles. The summed E-state index contributed by atoms with van der Waals surface area (Å²) in [6.07, 6.45) is 3.25. The van der Waals surface area contributed by atoms with Crippen LogP contribution in [0.2, 0.25) is 5.02 Å². The van der Waals surface area contributed by atoms with Gasteiger partial charge in [-0.05, 0) is 6.07 Å². The lowest BCUT2D eigenvalue weighted by atomic mass is 10.3. The fourth-order valence-corrected chi connectivity index (χ4v) is 0.875. The van der Waals surface area contributed by atoms with Crippen molar-refractivity contribution < 1.29 is 0 Å². The van der Waals surface area contributed by atoms with E-state index >= 15 is 0 Å².